The first-order valence-corrected chi connectivity index (χ1v) is 13.0. The Kier molecular flexibility index (Phi) is 4.79. The van der Waals surface area contributed by atoms with Crippen LogP contribution in [0, 0.1) is 23.7 Å². The Morgan fingerprint density at radius 3 is 2.65 bits per heavy atom. The summed E-state index contributed by atoms with van der Waals surface area (Å²) in [5.74, 6) is 0.494. The topological polar surface area (TPSA) is 107 Å². The molecular weight excluding hydrogens is 468 g/mol. The number of amides is 2. The van der Waals surface area contributed by atoms with Crippen molar-refractivity contribution in [2.45, 2.75) is 26.0 Å². The second-order valence-electron chi connectivity index (χ2n) is 11.4. The molecule has 190 valence electrons. The fourth-order valence-electron chi connectivity index (χ4n) is 7.02. The number of para-hydroxylation sites is 1. The van der Waals surface area contributed by atoms with Crippen LogP contribution in [0.4, 0.5) is 0 Å². The van der Waals surface area contributed by atoms with Crippen LogP contribution in [0.3, 0.4) is 0 Å². The normalized spacial score (nSPS) is 26.6. The number of rotatable bonds is 4. The first-order valence-electron chi connectivity index (χ1n) is 13.0. The molecule has 9 nitrogen and oxygen atoms in total. The Morgan fingerprint density at radius 2 is 1.84 bits per heavy atom. The lowest BCUT2D eigenvalue weighted by molar-refractivity contribution is -0.145. The number of carbonyl (C=O) groups is 2. The molecule has 3 fully saturated rings. The van der Waals surface area contributed by atoms with Gasteiger partial charge < -0.3 is 19.5 Å². The predicted octanol–water partition coefficient (Wildman–Crippen LogP) is 2.77. The number of aromatic amines is 1. The summed E-state index contributed by atoms with van der Waals surface area (Å²) in [5, 5.41) is 23.3. The molecule has 2 aromatic heterocycles. The van der Waals surface area contributed by atoms with E-state index in [0.717, 1.165) is 23.0 Å². The van der Waals surface area contributed by atoms with E-state index in [0.29, 0.717) is 48.9 Å². The van der Waals surface area contributed by atoms with Gasteiger partial charge in [0.1, 0.15) is 11.2 Å². The van der Waals surface area contributed by atoms with E-state index in [2.05, 4.69) is 39.9 Å². The van der Waals surface area contributed by atoms with E-state index in [1.54, 1.807) is 12.1 Å². The maximum Gasteiger partial charge on any atom is 0.270 e. The second-order valence-corrected chi connectivity index (χ2v) is 11.4. The van der Waals surface area contributed by atoms with Crippen LogP contribution in [-0.2, 0) is 6.54 Å². The summed E-state index contributed by atoms with van der Waals surface area (Å²) in [7, 11) is 0. The van der Waals surface area contributed by atoms with E-state index in [1.807, 2.05) is 40.1 Å². The summed E-state index contributed by atoms with van der Waals surface area (Å²) in [4.78, 5) is 30.7. The van der Waals surface area contributed by atoms with Crippen LogP contribution in [0.1, 0.15) is 34.7 Å². The molecule has 0 bridgehead atoms. The zero-order valence-corrected chi connectivity index (χ0v) is 21.0. The average molecular weight is 499 g/mol. The van der Waals surface area contributed by atoms with E-state index in [1.165, 1.54) is 0 Å². The maximum atomic E-state index is 13.8. The number of aliphatic hydroxyl groups is 1. The number of fused-ring (bicyclic) bond motifs is 6. The van der Waals surface area contributed by atoms with Crippen LogP contribution in [0.25, 0.3) is 21.9 Å². The molecule has 2 aliphatic heterocycles. The molecule has 2 unspecified atom stereocenters. The van der Waals surface area contributed by atoms with Gasteiger partial charge in [-0.2, -0.15) is 0 Å². The molecule has 0 radical (unpaired) electrons. The third kappa shape index (κ3) is 3.26. The van der Waals surface area contributed by atoms with Gasteiger partial charge in [0.25, 0.3) is 11.8 Å². The van der Waals surface area contributed by atoms with Crippen LogP contribution in [0.2, 0.25) is 0 Å². The van der Waals surface area contributed by atoms with Crippen molar-refractivity contribution in [2.24, 2.45) is 23.7 Å². The summed E-state index contributed by atoms with van der Waals surface area (Å²) in [6, 6.07) is 15.4. The summed E-state index contributed by atoms with van der Waals surface area (Å²) in [5.41, 5.74) is 2.84. The minimum atomic E-state index is -0.944. The van der Waals surface area contributed by atoms with Crippen LogP contribution < -0.4 is 0 Å². The number of aromatic nitrogens is 4. The molecule has 9 heteroatoms. The van der Waals surface area contributed by atoms with Crippen LogP contribution in [0.15, 0.2) is 48.5 Å². The number of nitrogens with zero attached hydrogens (tertiary/aromatic N) is 5. The summed E-state index contributed by atoms with van der Waals surface area (Å²) >= 11 is 0. The lowest BCUT2D eigenvalue weighted by Gasteiger charge is -2.50. The molecule has 2 aromatic carbocycles. The van der Waals surface area contributed by atoms with Crippen molar-refractivity contribution in [3.63, 3.8) is 0 Å². The van der Waals surface area contributed by atoms with Crippen LogP contribution in [0.5, 0.6) is 0 Å². The van der Waals surface area contributed by atoms with E-state index in [9.17, 15) is 14.7 Å². The maximum absolute atomic E-state index is 13.8. The monoisotopic (exact) mass is 498 g/mol. The smallest absolute Gasteiger partial charge is 0.270 e. The third-order valence-corrected chi connectivity index (χ3v) is 8.75. The number of carbonyl (C=O) groups excluding carboxylic acids is 2. The van der Waals surface area contributed by atoms with Crippen molar-refractivity contribution in [3.8, 4) is 0 Å². The van der Waals surface area contributed by atoms with E-state index >= 15 is 0 Å². The van der Waals surface area contributed by atoms with Gasteiger partial charge in [0.05, 0.1) is 17.7 Å². The number of H-pyrrole nitrogens is 1. The Balaban J connectivity index is 1.10. The molecule has 3 aliphatic rings. The van der Waals surface area contributed by atoms with E-state index in [-0.39, 0.29) is 29.6 Å². The van der Waals surface area contributed by atoms with Gasteiger partial charge in [-0.25, -0.2) is 0 Å². The van der Waals surface area contributed by atoms with Gasteiger partial charge in [-0.3, -0.25) is 14.7 Å². The molecule has 0 spiro atoms. The largest absolute Gasteiger partial charge is 0.387 e. The summed E-state index contributed by atoms with van der Waals surface area (Å²) in [6.07, 6.45) is 0. The van der Waals surface area contributed by atoms with Gasteiger partial charge in [0.2, 0.25) is 0 Å². The molecule has 7 rings (SSSR count). The van der Waals surface area contributed by atoms with E-state index < -0.39 is 5.60 Å². The molecule has 2 amide bonds. The Morgan fingerprint density at radius 1 is 1.05 bits per heavy atom. The predicted molar refractivity (Wildman–Crippen MR) is 138 cm³/mol. The zero-order valence-electron chi connectivity index (χ0n) is 21.0. The molecule has 2 N–H and O–H groups in total. The van der Waals surface area contributed by atoms with Crippen molar-refractivity contribution < 1.29 is 14.7 Å². The number of nitrogens with one attached hydrogen (secondary N) is 1. The molecule has 4 atom stereocenters. The highest BCUT2D eigenvalue weighted by atomic mass is 16.3. The fraction of sp³-hybridized carbons (Fsp3) is 0.429. The Hall–Kier alpha value is -3.72. The highest BCUT2D eigenvalue weighted by molar-refractivity contribution is 5.99. The minimum absolute atomic E-state index is 0.0137. The molecule has 37 heavy (non-hydrogen) atoms. The second kappa shape index (κ2) is 7.89. The highest BCUT2D eigenvalue weighted by Gasteiger charge is 2.68. The summed E-state index contributed by atoms with van der Waals surface area (Å²) < 4.78 is 2.12. The summed E-state index contributed by atoms with van der Waals surface area (Å²) in [6.45, 7) is 7.00. The lowest BCUT2D eigenvalue weighted by atomic mass is 9.56. The van der Waals surface area contributed by atoms with Gasteiger partial charge in [0, 0.05) is 54.5 Å². The number of hydrogen-bond acceptors (Lipinski definition) is 5. The first-order chi connectivity index (χ1) is 17.8. The van der Waals surface area contributed by atoms with Gasteiger partial charge in [-0.05, 0) is 42.2 Å². The van der Waals surface area contributed by atoms with Gasteiger partial charge in [-0.1, -0.05) is 37.3 Å². The third-order valence-electron chi connectivity index (χ3n) is 8.75. The van der Waals surface area contributed by atoms with Crippen molar-refractivity contribution in [2.75, 3.05) is 26.2 Å². The fourth-order valence-corrected chi connectivity index (χ4v) is 7.02. The lowest BCUT2D eigenvalue weighted by Crippen LogP contribution is -2.61. The number of likely N-dealkylation sites (tertiary alicyclic amines) is 2. The van der Waals surface area contributed by atoms with Crippen LogP contribution >= 0.6 is 0 Å². The van der Waals surface area contributed by atoms with Gasteiger partial charge in [0.15, 0.2) is 0 Å². The zero-order chi connectivity index (χ0) is 25.5. The highest BCUT2D eigenvalue weighted by Crippen LogP contribution is 2.57. The number of hydrogen-bond donors (Lipinski definition) is 2. The molecular formula is C28H30N6O3. The average Bonchev–Trinajstić information content (AvgIpc) is 3.65. The number of benzene rings is 2. The van der Waals surface area contributed by atoms with Crippen molar-refractivity contribution in [1.29, 1.82) is 0 Å². The molecule has 4 aromatic rings. The molecule has 1 saturated carbocycles. The standard InChI is InChI=1S/C28H30N6O3/c1-16(2)11-34-24-6-4-3-5-17(24)10-25(34)27(36)33-14-21-19-12-32(13-20(19)28(21,37)15-33)26(35)18-7-8-22-23(9-18)30-31-29-22/h3-10,16,19-21,37H,11-15H2,1-2H3,(H,29,30,31)/t19-,20+,21?,28?/m0/s1. The van der Waals surface area contributed by atoms with Crippen molar-refractivity contribution in [1.82, 2.24) is 29.8 Å². The Labute approximate surface area is 214 Å². The van der Waals surface area contributed by atoms with Crippen molar-refractivity contribution in [3.05, 3.63) is 59.8 Å². The number of β-amino-alcohol motifs (C(OH)–C–C–N with tert-alkyl or cyclic N) is 1. The minimum Gasteiger partial charge on any atom is -0.387 e. The van der Waals surface area contributed by atoms with Crippen molar-refractivity contribution >= 4 is 33.8 Å². The van der Waals surface area contributed by atoms with Crippen LogP contribution in [-0.4, -0.2) is 78.5 Å². The van der Waals surface area contributed by atoms with E-state index in [4.69, 9.17) is 0 Å². The Bertz CT molecular complexity index is 1560. The quantitative estimate of drug-likeness (QED) is 0.450. The first kappa shape index (κ1) is 22.5. The molecule has 4 heterocycles. The molecule has 2 saturated heterocycles. The van der Waals surface area contributed by atoms with Gasteiger partial charge >= 0.3 is 0 Å². The molecule has 1 aliphatic carbocycles. The SMILES string of the molecule is CC(C)Cn1c(C(=O)N2CC3[C@H]4CN(C(=O)c5ccc6[nH]nnc6c5)C[C@H]4C3(O)C2)cc2ccccc21. The van der Waals surface area contributed by atoms with Gasteiger partial charge in [-0.15, -0.1) is 5.10 Å².